The largest absolute Gasteiger partial charge is 0.493 e. The van der Waals surface area contributed by atoms with Gasteiger partial charge in [-0.1, -0.05) is 18.2 Å². The summed E-state index contributed by atoms with van der Waals surface area (Å²) in [7, 11) is -1.10. The zero-order valence-corrected chi connectivity index (χ0v) is 26.3. The number of ether oxygens (including phenoxy) is 3. The molecule has 0 aliphatic rings. The van der Waals surface area contributed by atoms with E-state index >= 15 is 0 Å². The van der Waals surface area contributed by atoms with Crippen molar-refractivity contribution < 1.29 is 49.0 Å². The van der Waals surface area contributed by atoms with E-state index < -0.39 is 39.2 Å². The van der Waals surface area contributed by atoms with Crippen LogP contribution in [0.15, 0.2) is 76.3 Å². The van der Waals surface area contributed by atoms with E-state index in [0.717, 1.165) is 11.3 Å². The van der Waals surface area contributed by atoms with E-state index in [1.165, 1.54) is 14.2 Å². The number of hydrogen-bond donors (Lipinski definition) is 3. The minimum atomic E-state index is -5.03. The summed E-state index contributed by atoms with van der Waals surface area (Å²) >= 11 is 5.95. The van der Waals surface area contributed by atoms with Crippen LogP contribution >= 0.6 is 23.6 Å². The van der Waals surface area contributed by atoms with Crippen LogP contribution in [0.25, 0.3) is 11.1 Å². The molecule has 8 nitrogen and oxygen atoms in total. The van der Waals surface area contributed by atoms with Gasteiger partial charge in [0.2, 0.25) is 0 Å². The molecule has 246 valence electrons. The van der Waals surface area contributed by atoms with Gasteiger partial charge in [0.1, 0.15) is 15.7 Å². The molecule has 0 radical (unpaired) electrons. The van der Waals surface area contributed by atoms with Crippen LogP contribution in [0, 0.1) is 0 Å². The molecule has 1 heterocycles. The second-order valence-electron chi connectivity index (χ2n) is 9.31. The standard InChI is InChI=1S/C29H25F6N3O5S3/c1-41-24-8-7-20(16-25(24)42-2)43-23-6-4-3-5-21(23)22-9-12-45-26(22)46(39,40)37-11-10-36-27(44)38-19-14-17(28(30,31)32)13-18(15-19)29(33,34)35/h3-9,12-16,37H,10-11H2,1-2H3,(H2,36,38,44). The average molecular weight is 706 g/mol. The zero-order valence-electron chi connectivity index (χ0n) is 23.9. The van der Waals surface area contributed by atoms with Crippen molar-refractivity contribution >= 4 is 44.4 Å². The Hall–Kier alpha value is -4.06. The highest BCUT2D eigenvalue weighted by molar-refractivity contribution is 7.91. The van der Waals surface area contributed by atoms with Crippen molar-refractivity contribution in [2.24, 2.45) is 0 Å². The van der Waals surface area contributed by atoms with E-state index in [2.05, 4.69) is 15.4 Å². The van der Waals surface area contributed by atoms with Crippen molar-refractivity contribution in [3.05, 3.63) is 83.2 Å². The number of anilines is 1. The highest BCUT2D eigenvalue weighted by Crippen LogP contribution is 2.41. The van der Waals surface area contributed by atoms with E-state index in [1.807, 2.05) is 0 Å². The Bertz CT molecular complexity index is 1780. The summed E-state index contributed by atoms with van der Waals surface area (Å²) in [6, 6.07) is 14.4. The molecule has 0 saturated heterocycles. The highest BCUT2D eigenvalue weighted by Gasteiger charge is 2.37. The van der Waals surface area contributed by atoms with Crippen LogP contribution in [0.1, 0.15) is 11.1 Å². The fourth-order valence-electron chi connectivity index (χ4n) is 4.12. The van der Waals surface area contributed by atoms with Gasteiger partial charge in [0, 0.05) is 36.0 Å². The Labute approximate surface area is 269 Å². The monoisotopic (exact) mass is 705 g/mol. The molecule has 17 heteroatoms. The van der Waals surface area contributed by atoms with Crippen molar-refractivity contribution in [3.8, 4) is 34.1 Å². The van der Waals surface area contributed by atoms with Gasteiger partial charge in [-0.15, -0.1) is 11.3 Å². The quantitative estimate of drug-likeness (QED) is 0.0838. The van der Waals surface area contributed by atoms with Gasteiger partial charge in [-0.3, -0.25) is 0 Å². The molecule has 0 unspecified atom stereocenters. The molecule has 0 amide bonds. The Morgan fingerprint density at radius 1 is 0.804 bits per heavy atom. The Morgan fingerprint density at radius 3 is 2.09 bits per heavy atom. The minimum Gasteiger partial charge on any atom is -0.493 e. The molecule has 0 bridgehead atoms. The third-order valence-corrected chi connectivity index (χ3v) is 9.37. The molecule has 4 aromatic rings. The summed E-state index contributed by atoms with van der Waals surface area (Å²) in [5.41, 5.74) is -2.71. The highest BCUT2D eigenvalue weighted by atomic mass is 32.2. The molecule has 46 heavy (non-hydrogen) atoms. The smallest absolute Gasteiger partial charge is 0.416 e. The average Bonchev–Trinajstić information content (AvgIpc) is 3.50. The predicted molar refractivity (Wildman–Crippen MR) is 165 cm³/mol. The maximum atomic E-state index is 13.2. The number of halogens is 6. The van der Waals surface area contributed by atoms with E-state index in [1.54, 1.807) is 53.9 Å². The first-order chi connectivity index (χ1) is 21.6. The molecule has 3 N–H and O–H groups in total. The molecule has 0 fully saturated rings. The number of rotatable bonds is 11. The van der Waals surface area contributed by atoms with Crippen molar-refractivity contribution in [2.45, 2.75) is 16.6 Å². The molecule has 1 aromatic heterocycles. The van der Waals surface area contributed by atoms with Crippen LogP contribution in [-0.2, 0) is 22.4 Å². The Morgan fingerprint density at radius 2 is 1.46 bits per heavy atom. The van der Waals surface area contributed by atoms with Crippen molar-refractivity contribution in [1.29, 1.82) is 0 Å². The number of alkyl halides is 6. The third kappa shape index (κ3) is 8.60. The van der Waals surface area contributed by atoms with Gasteiger partial charge in [0.25, 0.3) is 10.0 Å². The first-order valence-corrected chi connectivity index (χ1v) is 15.8. The lowest BCUT2D eigenvalue weighted by Crippen LogP contribution is -2.36. The summed E-state index contributed by atoms with van der Waals surface area (Å²) in [5, 5.41) is 6.12. The van der Waals surface area contributed by atoms with E-state index in [9.17, 15) is 34.8 Å². The topological polar surface area (TPSA) is 97.9 Å². The van der Waals surface area contributed by atoms with Gasteiger partial charge < -0.3 is 24.8 Å². The molecule has 0 aliphatic heterocycles. The third-order valence-electron chi connectivity index (χ3n) is 6.18. The van der Waals surface area contributed by atoms with Crippen LogP contribution in [0.4, 0.5) is 32.0 Å². The van der Waals surface area contributed by atoms with Gasteiger partial charge in [0.05, 0.1) is 25.3 Å². The van der Waals surface area contributed by atoms with Gasteiger partial charge >= 0.3 is 12.4 Å². The predicted octanol–water partition coefficient (Wildman–Crippen LogP) is 7.53. The number of thiophene rings is 1. The summed E-state index contributed by atoms with van der Waals surface area (Å²) < 4.78 is 124. The van der Waals surface area contributed by atoms with E-state index in [0.29, 0.717) is 46.3 Å². The number of methoxy groups -OCH3 is 2. The van der Waals surface area contributed by atoms with Crippen molar-refractivity contribution in [3.63, 3.8) is 0 Å². The summed E-state index contributed by atoms with van der Waals surface area (Å²) in [6.45, 7) is -0.364. The fourth-order valence-corrected chi connectivity index (χ4v) is 6.79. The van der Waals surface area contributed by atoms with E-state index in [-0.39, 0.29) is 28.5 Å². The molecule has 0 spiro atoms. The van der Waals surface area contributed by atoms with Gasteiger partial charge in [-0.25, -0.2) is 13.1 Å². The molecular formula is C29H25F6N3O5S3. The lowest BCUT2D eigenvalue weighted by molar-refractivity contribution is -0.143. The second-order valence-corrected chi connectivity index (χ2v) is 12.6. The number of benzene rings is 3. The molecule has 3 aromatic carbocycles. The normalized spacial score (nSPS) is 12.0. The molecule has 0 aliphatic carbocycles. The van der Waals surface area contributed by atoms with E-state index in [4.69, 9.17) is 26.4 Å². The zero-order chi connectivity index (χ0) is 33.7. The van der Waals surface area contributed by atoms with Crippen LogP contribution in [0.2, 0.25) is 0 Å². The number of thiocarbonyl (C=S) groups is 1. The number of sulfonamides is 1. The lowest BCUT2D eigenvalue weighted by atomic mass is 10.1. The first-order valence-electron chi connectivity index (χ1n) is 13.0. The first kappa shape index (κ1) is 34.8. The maximum Gasteiger partial charge on any atom is 0.416 e. The summed E-state index contributed by atoms with van der Waals surface area (Å²) in [4.78, 5) is 0. The number of hydrogen-bond acceptors (Lipinski definition) is 7. The van der Waals surface area contributed by atoms with Crippen molar-refractivity contribution in [2.75, 3.05) is 32.6 Å². The molecule has 0 atom stereocenters. The second kappa shape index (κ2) is 14.1. The number of nitrogens with one attached hydrogen (secondary N) is 3. The van der Waals surface area contributed by atoms with Crippen molar-refractivity contribution in [1.82, 2.24) is 10.0 Å². The molecule has 4 rings (SSSR count). The van der Waals surface area contributed by atoms with Gasteiger partial charge in [0.15, 0.2) is 16.6 Å². The minimum absolute atomic E-state index is 0.00394. The van der Waals surface area contributed by atoms with Crippen LogP contribution < -0.4 is 29.6 Å². The van der Waals surface area contributed by atoms with Crippen LogP contribution in [0.5, 0.6) is 23.0 Å². The Balaban J connectivity index is 1.42. The summed E-state index contributed by atoms with van der Waals surface area (Å²) in [6.07, 6.45) is -10.1. The number of para-hydroxylation sites is 1. The lowest BCUT2D eigenvalue weighted by Gasteiger charge is -2.16. The Kier molecular flexibility index (Phi) is 10.7. The fraction of sp³-hybridized carbons (Fsp3) is 0.207. The van der Waals surface area contributed by atoms with Gasteiger partial charge in [-0.05, 0) is 60.1 Å². The maximum absolute atomic E-state index is 13.2. The SMILES string of the molecule is COc1ccc(Oc2ccccc2-c2ccsc2S(=O)(=O)NCCNC(=S)Nc2cc(C(F)(F)F)cc(C(F)(F)F)c2)cc1OC. The molecular weight excluding hydrogens is 681 g/mol. The molecule has 0 saturated carbocycles. The van der Waals surface area contributed by atoms with Crippen LogP contribution in [0.3, 0.4) is 0 Å². The van der Waals surface area contributed by atoms with Gasteiger partial charge in [-0.2, -0.15) is 26.3 Å². The summed E-state index contributed by atoms with van der Waals surface area (Å²) in [5.74, 6) is 1.71. The van der Waals surface area contributed by atoms with Crippen LogP contribution in [-0.4, -0.2) is 40.8 Å².